The topological polar surface area (TPSA) is 268 Å². The molecule has 0 spiro atoms. The Hall–Kier alpha value is -1.80. The van der Waals surface area contributed by atoms with Crippen LogP contribution in [0.5, 0.6) is 0 Å². The Morgan fingerprint density at radius 1 is 1.21 bits per heavy atom. The zero-order chi connectivity index (χ0) is 25.5. The van der Waals surface area contributed by atoms with Crippen molar-refractivity contribution in [1.29, 1.82) is 0 Å². The number of methoxy groups -OCH3 is 1. The molecule has 1 aliphatic heterocycles. The van der Waals surface area contributed by atoms with Gasteiger partial charge in [0.25, 0.3) is 0 Å². The molecule has 2 aromatic heterocycles. The van der Waals surface area contributed by atoms with Gasteiger partial charge in [0.15, 0.2) is 23.3 Å². The third-order valence-corrected chi connectivity index (χ3v) is 8.20. The number of ether oxygens (including phenoxy) is 2. The number of nitrogens with zero attached hydrogens (tertiary/aromatic N) is 4. The van der Waals surface area contributed by atoms with Gasteiger partial charge in [0.05, 0.1) is 12.9 Å². The number of imidazole rings is 1. The minimum absolute atomic E-state index is 0.0264. The summed E-state index contributed by atoms with van der Waals surface area (Å²) in [5.74, 6) is 2.15. The lowest BCUT2D eigenvalue weighted by molar-refractivity contribution is -0.0746. The van der Waals surface area contributed by atoms with Gasteiger partial charge < -0.3 is 39.9 Å². The van der Waals surface area contributed by atoms with E-state index in [2.05, 4.69) is 34.0 Å². The first-order chi connectivity index (χ1) is 15.6. The number of fused-ring (bicyclic) bond motifs is 1. The van der Waals surface area contributed by atoms with Gasteiger partial charge in [-0.15, -0.1) is 6.42 Å². The monoisotopic (exact) mass is 545 g/mol. The molecule has 2 aromatic rings. The van der Waals surface area contributed by atoms with Crippen LogP contribution in [-0.2, 0) is 36.3 Å². The van der Waals surface area contributed by atoms with Gasteiger partial charge in [0.1, 0.15) is 24.1 Å². The molecule has 188 valence electrons. The van der Waals surface area contributed by atoms with Crippen molar-refractivity contribution in [2.45, 2.75) is 24.0 Å². The van der Waals surface area contributed by atoms with Crippen LogP contribution in [0.15, 0.2) is 12.7 Å². The highest BCUT2D eigenvalue weighted by molar-refractivity contribution is 7.66. The minimum Gasteiger partial charge on any atom is -0.382 e. The number of hydrogen-bond donors (Lipinski definition) is 6. The van der Waals surface area contributed by atoms with E-state index < -0.39 is 54.1 Å². The predicted octanol–water partition coefficient (Wildman–Crippen LogP) is -0.972. The van der Waals surface area contributed by atoms with Crippen molar-refractivity contribution in [3.05, 3.63) is 12.7 Å². The maximum Gasteiger partial charge on any atom is 0.490 e. The van der Waals surface area contributed by atoms with E-state index in [4.69, 9.17) is 31.4 Å². The molecule has 6 atom stereocenters. The lowest BCUT2D eigenvalue weighted by atomic mass is 9.95. The van der Waals surface area contributed by atoms with Gasteiger partial charge in [-0.3, -0.25) is 9.09 Å². The number of nitrogens with two attached hydrogens (primary N) is 1. The SMILES string of the molecule is C#CC1(O)C(OC)C(COP(=O)(O)OP(=O)(O)OP(=O)(O)O)OC1n1cnc2c(N)ncnc21. The number of phosphoric acid groups is 3. The fourth-order valence-electron chi connectivity index (χ4n) is 3.17. The largest absolute Gasteiger partial charge is 0.490 e. The summed E-state index contributed by atoms with van der Waals surface area (Å²) >= 11 is 0. The number of anilines is 1. The lowest BCUT2D eigenvalue weighted by Crippen LogP contribution is -2.47. The Balaban J connectivity index is 1.83. The summed E-state index contributed by atoms with van der Waals surface area (Å²) in [7, 11) is -15.6. The lowest BCUT2D eigenvalue weighted by Gasteiger charge is -2.28. The van der Waals surface area contributed by atoms with E-state index in [1.165, 1.54) is 10.9 Å². The molecule has 7 N–H and O–H groups in total. The smallest absolute Gasteiger partial charge is 0.382 e. The van der Waals surface area contributed by atoms with Crippen LogP contribution in [0.3, 0.4) is 0 Å². The molecule has 21 heteroatoms. The zero-order valence-corrected chi connectivity index (χ0v) is 19.6. The van der Waals surface area contributed by atoms with Crippen LogP contribution < -0.4 is 5.73 Å². The van der Waals surface area contributed by atoms with Crippen LogP contribution in [0.25, 0.3) is 11.2 Å². The molecule has 3 heterocycles. The number of rotatable bonds is 9. The molecule has 6 unspecified atom stereocenters. The fraction of sp³-hybridized carbons (Fsp3) is 0.462. The van der Waals surface area contributed by atoms with Crippen LogP contribution in [0.2, 0.25) is 0 Å². The average Bonchev–Trinajstić information content (AvgIpc) is 3.23. The van der Waals surface area contributed by atoms with Crippen LogP contribution in [0.1, 0.15) is 6.23 Å². The third kappa shape index (κ3) is 5.54. The highest BCUT2D eigenvalue weighted by Gasteiger charge is 2.57. The molecule has 18 nitrogen and oxygen atoms in total. The molecule has 1 aliphatic rings. The molecule has 0 aliphatic carbocycles. The Labute approximate surface area is 190 Å². The summed E-state index contributed by atoms with van der Waals surface area (Å²) in [5.41, 5.74) is 3.81. The van der Waals surface area contributed by atoms with Gasteiger partial charge in [-0.05, 0) is 0 Å². The Morgan fingerprint density at radius 3 is 2.47 bits per heavy atom. The summed E-state index contributed by atoms with van der Waals surface area (Å²) in [4.78, 5) is 47.9. The average molecular weight is 545 g/mol. The maximum atomic E-state index is 12.0. The molecule has 1 fully saturated rings. The molecule has 0 amide bonds. The fourth-order valence-corrected chi connectivity index (χ4v) is 6.20. The summed E-state index contributed by atoms with van der Waals surface area (Å²) in [6.45, 7) is -0.924. The molecule has 1 saturated heterocycles. The number of nitrogen functional groups attached to an aromatic ring is 1. The highest BCUT2D eigenvalue weighted by atomic mass is 31.3. The van der Waals surface area contributed by atoms with Gasteiger partial charge in [-0.25, -0.2) is 28.6 Å². The standard InChI is InChI=1S/C13H18N5O13P3/c1-3-13(19)9(27-2)7(4-28-33(23,24)31-34(25,26)30-32(20,21)22)29-12(13)18-6-17-8-10(14)15-5-16-11(8)18/h1,5-7,9,12,19H,4H2,2H3,(H,23,24)(H,25,26)(H2,14,15,16)(H2,20,21,22). The summed E-state index contributed by atoms with van der Waals surface area (Å²) in [6.07, 6.45) is 3.61. The van der Waals surface area contributed by atoms with Crippen molar-refractivity contribution >= 4 is 40.4 Å². The highest BCUT2D eigenvalue weighted by Crippen LogP contribution is 2.66. The van der Waals surface area contributed by atoms with Crippen molar-refractivity contribution < 1.29 is 61.0 Å². The predicted molar refractivity (Wildman–Crippen MR) is 108 cm³/mol. The van der Waals surface area contributed by atoms with Gasteiger partial charge in [0.2, 0.25) is 0 Å². The van der Waals surface area contributed by atoms with E-state index in [9.17, 15) is 28.6 Å². The van der Waals surface area contributed by atoms with Gasteiger partial charge in [-0.2, -0.15) is 8.62 Å². The number of hydrogen-bond acceptors (Lipinski definition) is 13. The van der Waals surface area contributed by atoms with Crippen molar-refractivity contribution in [1.82, 2.24) is 19.5 Å². The van der Waals surface area contributed by atoms with E-state index in [0.29, 0.717) is 0 Å². The quantitative estimate of drug-likeness (QED) is 0.163. The van der Waals surface area contributed by atoms with E-state index in [-0.39, 0.29) is 17.0 Å². The first kappa shape index (κ1) is 26.8. The van der Waals surface area contributed by atoms with Gasteiger partial charge in [0, 0.05) is 7.11 Å². The Morgan fingerprint density at radius 2 is 1.88 bits per heavy atom. The van der Waals surface area contributed by atoms with E-state index >= 15 is 0 Å². The first-order valence-electron chi connectivity index (χ1n) is 8.72. The summed E-state index contributed by atoms with van der Waals surface area (Å²) in [6, 6.07) is 0. The number of phosphoric ester groups is 1. The zero-order valence-electron chi connectivity index (χ0n) is 16.9. The van der Waals surface area contributed by atoms with Crippen molar-refractivity contribution in [2.24, 2.45) is 0 Å². The second-order valence-corrected chi connectivity index (χ2v) is 11.0. The normalized spacial score (nSPS) is 28.9. The van der Waals surface area contributed by atoms with Crippen LogP contribution in [0, 0.1) is 12.3 Å². The Bertz CT molecular complexity index is 1260. The number of aliphatic hydroxyl groups is 1. The van der Waals surface area contributed by atoms with Crippen LogP contribution >= 0.6 is 23.5 Å². The van der Waals surface area contributed by atoms with Crippen molar-refractivity contribution in [2.75, 3.05) is 19.5 Å². The van der Waals surface area contributed by atoms with Crippen LogP contribution in [0.4, 0.5) is 5.82 Å². The molecule has 3 rings (SSSR count). The molecule has 0 radical (unpaired) electrons. The number of aromatic nitrogens is 4. The van der Waals surface area contributed by atoms with Gasteiger partial charge in [-0.1, -0.05) is 5.92 Å². The molecule has 34 heavy (non-hydrogen) atoms. The van der Waals surface area contributed by atoms with Crippen molar-refractivity contribution in [3.8, 4) is 12.3 Å². The second kappa shape index (κ2) is 9.34. The molecule has 0 saturated carbocycles. The summed E-state index contributed by atoms with van der Waals surface area (Å²) in [5, 5.41) is 11.1. The number of terminal acetylenes is 1. The second-order valence-electron chi connectivity index (χ2n) is 6.62. The molecule has 0 aromatic carbocycles. The Kier molecular flexibility index (Phi) is 7.36. The van der Waals surface area contributed by atoms with Gasteiger partial charge >= 0.3 is 23.5 Å². The minimum atomic E-state index is -5.73. The molecular formula is C13H18N5O13P3. The molecule has 0 bridgehead atoms. The first-order valence-corrected chi connectivity index (χ1v) is 13.2. The van der Waals surface area contributed by atoms with Crippen molar-refractivity contribution in [3.63, 3.8) is 0 Å². The summed E-state index contributed by atoms with van der Waals surface area (Å²) < 4.78 is 58.1. The van der Waals surface area contributed by atoms with E-state index in [1.54, 1.807) is 0 Å². The maximum absolute atomic E-state index is 12.0. The van der Waals surface area contributed by atoms with E-state index in [0.717, 1.165) is 13.4 Å². The van der Waals surface area contributed by atoms with Crippen LogP contribution in [-0.4, -0.2) is 75.7 Å². The third-order valence-electron chi connectivity index (χ3n) is 4.39. The molecular weight excluding hydrogens is 527 g/mol. The van der Waals surface area contributed by atoms with E-state index in [1.807, 2.05) is 0 Å².